The molecule has 0 aromatic heterocycles. The van der Waals surface area contributed by atoms with Gasteiger partial charge in [-0.15, -0.1) is 0 Å². The van der Waals surface area contributed by atoms with Gasteiger partial charge in [0.15, 0.2) is 6.17 Å². The minimum Gasteiger partial charge on any atom is -0.236 e. The van der Waals surface area contributed by atoms with Crippen molar-refractivity contribution in [2.75, 3.05) is 0 Å². The second-order valence-corrected chi connectivity index (χ2v) is 13.5. The highest BCUT2D eigenvalue weighted by Crippen LogP contribution is 2.72. The third-order valence-corrected chi connectivity index (χ3v) is 12.0. The number of allylic oxidation sites excluding steroid dienone is 1. The molecule has 3 nitrogen and oxygen atoms in total. The summed E-state index contributed by atoms with van der Waals surface area (Å²) in [6, 6.07) is 18.8. The van der Waals surface area contributed by atoms with Crippen LogP contribution in [0.3, 0.4) is 0 Å². The van der Waals surface area contributed by atoms with Gasteiger partial charge in [0.1, 0.15) is 0 Å². The van der Waals surface area contributed by atoms with Gasteiger partial charge in [-0.2, -0.15) is 26.0 Å². The molecule has 204 valence electrons. The van der Waals surface area contributed by atoms with Crippen molar-refractivity contribution in [2.24, 2.45) is 0 Å². The molecule has 38 heavy (non-hydrogen) atoms. The lowest BCUT2D eigenvalue weighted by Gasteiger charge is -2.45. The molecule has 1 aliphatic carbocycles. The molecule has 0 bridgehead atoms. The van der Waals surface area contributed by atoms with Gasteiger partial charge in [-0.25, -0.2) is 12.4 Å². The topological polar surface area (TPSA) is 43.4 Å². The van der Waals surface area contributed by atoms with E-state index in [1.54, 1.807) is 69.3 Å². The van der Waals surface area contributed by atoms with Gasteiger partial charge in [0.25, 0.3) is 0 Å². The summed E-state index contributed by atoms with van der Waals surface area (Å²) in [5, 5.41) is -5.07. The van der Waals surface area contributed by atoms with Gasteiger partial charge in [-0.3, -0.25) is 0 Å². The van der Waals surface area contributed by atoms with Crippen molar-refractivity contribution in [1.82, 2.24) is 0 Å². The zero-order valence-electron chi connectivity index (χ0n) is 20.5. The fraction of sp³-hybridized carbons (Fsp3) is 0.259. The zero-order chi connectivity index (χ0) is 28.1. The van der Waals surface area contributed by atoms with Crippen LogP contribution in [0, 0.1) is 20.8 Å². The molecule has 0 aliphatic heterocycles. The smallest absolute Gasteiger partial charge is 0.236 e. The van der Waals surface area contributed by atoms with E-state index in [2.05, 4.69) is 0 Å². The van der Waals surface area contributed by atoms with E-state index in [1.165, 1.54) is 24.3 Å². The second kappa shape index (κ2) is 9.46. The Morgan fingerprint density at radius 2 is 1.21 bits per heavy atom. The Morgan fingerprint density at radius 3 is 1.66 bits per heavy atom. The zero-order valence-corrected chi connectivity index (χ0v) is 22.1. The Hall–Kier alpha value is -2.76. The van der Waals surface area contributed by atoms with E-state index >= 15 is 4.39 Å². The molecule has 2 unspecified atom stereocenters. The predicted octanol–water partition coefficient (Wildman–Crippen LogP) is 8.00. The molecule has 3 aromatic carbocycles. The molecule has 0 radical (unpaired) electrons. The number of rotatable bonds is 6. The van der Waals surface area contributed by atoms with Crippen molar-refractivity contribution in [1.29, 1.82) is 0 Å². The molecule has 4 rings (SSSR count). The number of benzene rings is 3. The lowest BCUT2D eigenvalue weighted by molar-refractivity contribution is -0.264. The molecule has 0 saturated carbocycles. The molecule has 1 aliphatic rings. The van der Waals surface area contributed by atoms with Gasteiger partial charge in [0.2, 0.25) is 0 Å². The van der Waals surface area contributed by atoms with Gasteiger partial charge in [-0.05, 0) is 78.6 Å². The highest BCUT2D eigenvalue weighted by Gasteiger charge is 2.80. The highest BCUT2D eigenvalue weighted by atomic mass is 32.3. The van der Waals surface area contributed by atoms with E-state index in [4.69, 9.17) is 3.63 Å². The molecule has 3 aromatic rings. The summed E-state index contributed by atoms with van der Waals surface area (Å²) in [6.45, 7) is 5.10. The minimum absolute atomic E-state index is 0.187. The normalized spacial score (nSPS) is 23.2. The van der Waals surface area contributed by atoms with Crippen molar-refractivity contribution in [3.8, 4) is 0 Å². The minimum atomic E-state index is -6.24. The van der Waals surface area contributed by atoms with Crippen LogP contribution in [0.2, 0.25) is 0 Å². The van der Waals surface area contributed by atoms with Crippen LogP contribution in [0.25, 0.3) is 0 Å². The van der Waals surface area contributed by atoms with Gasteiger partial charge in [0, 0.05) is 14.7 Å². The Labute approximate surface area is 218 Å². The average molecular weight is 575 g/mol. The van der Waals surface area contributed by atoms with E-state index in [0.29, 0.717) is 11.1 Å². The Kier molecular flexibility index (Phi) is 7.03. The monoisotopic (exact) mass is 574 g/mol. The number of hydrogen-bond donors (Lipinski definition) is 0. The quantitative estimate of drug-likeness (QED) is 0.221. The average Bonchev–Trinajstić information content (AvgIpc) is 2.85. The Bertz CT molecular complexity index is 1410. The van der Waals surface area contributed by atoms with Crippen LogP contribution in [0.15, 0.2) is 99.6 Å². The molecule has 11 heteroatoms. The molecule has 0 N–H and O–H groups in total. The van der Waals surface area contributed by atoms with E-state index in [0.717, 1.165) is 5.56 Å². The molecular formula is C27H24F6O3S2. The van der Waals surface area contributed by atoms with Crippen LogP contribution < -0.4 is 0 Å². The van der Waals surface area contributed by atoms with Crippen LogP contribution >= 0.6 is 10.3 Å². The first-order valence-corrected chi connectivity index (χ1v) is 14.3. The molecular weight excluding hydrogens is 550 g/mol. The van der Waals surface area contributed by atoms with E-state index in [1.807, 2.05) is 0 Å². The number of hydrogen-bond acceptors (Lipinski definition) is 3. The lowest BCUT2D eigenvalue weighted by atomic mass is 9.95. The lowest BCUT2D eigenvalue weighted by Crippen LogP contribution is -2.64. The van der Waals surface area contributed by atoms with Crippen LogP contribution in [0.4, 0.5) is 26.3 Å². The summed E-state index contributed by atoms with van der Waals surface area (Å²) in [5.41, 5.74) is 1.82. The Morgan fingerprint density at radius 1 is 0.763 bits per heavy atom. The van der Waals surface area contributed by atoms with Crippen LogP contribution in [0.5, 0.6) is 0 Å². The van der Waals surface area contributed by atoms with Crippen LogP contribution in [-0.2, 0) is 13.7 Å². The maximum atomic E-state index is 16.0. The van der Waals surface area contributed by atoms with Crippen molar-refractivity contribution in [2.45, 2.75) is 58.5 Å². The largest absolute Gasteiger partial charge is 0.367 e. The summed E-state index contributed by atoms with van der Waals surface area (Å²) in [7, 11) is -9.83. The van der Waals surface area contributed by atoms with E-state index < -0.39 is 43.4 Å². The van der Waals surface area contributed by atoms with E-state index in [9.17, 15) is 30.4 Å². The van der Waals surface area contributed by atoms with Crippen molar-refractivity contribution < 1.29 is 38.4 Å². The summed E-state index contributed by atoms with van der Waals surface area (Å²) in [5.74, 6) is -11.6. The van der Waals surface area contributed by atoms with E-state index in [-0.39, 0.29) is 26.8 Å². The number of halogens is 6. The Balaban J connectivity index is 2.10. The third-order valence-electron chi connectivity index (χ3n) is 6.27. The summed E-state index contributed by atoms with van der Waals surface area (Å²) >= 11 is 0. The SMILES string of the molecule is Cc1cc(C)c(S(OS(=O)(=O)C2(F)C=CC(F)C(F)(F)C2(F)F)(c2ccccc2)c2ccccc2)c(C)c1. The fourth-order valence-corrected chi connectivity index (χ4v) is 10.5. The number of aryl methyl sites for hydroxylation is 3. The second-order valence-electron chi connectivity index (χ2n) is 9.04. The first-order chi connectivity index (χ1) is 17.6. The standard InChI is InChI=1S/C27H24F6O3S2/c1-18-16-19(2)24(20(3)17-18)37(21-10-6-4-7-11-21,22-12-8-5-9-13-22)36-38(34,35)25(29)15-14-23(28)26(30,31)27(25,32)33/h4-17,23H,1-3H3. The van der Waals surface area contributed by atoms with Crippen LogP contribution in [0.1, 0.15) is 16.7 Å². The maximum Gasteiger partial charge on any atom is 0.367 e. The molecule has 0 spiro atoms. The van der Waals surface area contributed by atoms with Crippen molar-refractivity contribution in [3.05, 3.63) is 102 Å². The summed E-state index contributed by atoms with van der Waals surface area (Å²) in [4.78, 5) is 0.643. The van der Waals surface area contributed by atoms with Gasteiger partial charge in [-0.1, -0.05) is 54.1 Å². The van der Waals surface area contributed by atoms with Crippen molar-refractivity contribution >= 4 is 20.4 Å². The molecule has 0 saturated heterocycles. The van der Waals surface area contributed by atoms with Gasteiger partial charge >= 0.3 is 27.0 Å². The van der Waals surface area contributed by atoms with Gasteiger partial charge in [0.05, 0.1) is 0 Å². The first-order valence-electron chi connectivity index (χ1n) is 11.4. The summed E-state index contributed by atoms with van der Waals surface area (Å²) < 4.78 is 121. The maximum absolute atomic E-state index is 16.0. The molecule has 0 heterocycles. The third kappa shape index (κ3) is 4.06. The van der Waals surface area contributed by atoms with Crippen LogP contribution in [-0.4, -0.2) is 31.4 Å². The first kappa shape index (κ1) is 28.3. The van der Waals surface area contributed by atoms with Gasteiger partial charge < -0.3 is 0 Å². The molecule has 0 fully saturated rings. The fourth-order valence-electron chi connectivity index (χ4n) is 4.59. The van der Waals surface area contributed by atoms with Crippen molar-refractivity contribution in [3.63, 3.8) is 0 Å². The molecule has 2 atom stereocenters. The predicted molar refractivity (Wildman–Crippen MR) is 134 cm³/mol. The number of alkyl halides is 6. The summed E-state index contributed by atoms with van der Waals surface area (Å²) in [6.07, 6.45) is -4.21. The highest BCUT2D eigenvalue weighted by molar-refractivity contribution is 8.33. The molecule has 0 amide bonds.